The summed E-state index contributed by atoms with van der Waals surface area (Å²) in [5.74, 6) is -1.09. The van der Waals surface area contributed by atoms with Crippen molar-refractivity contribution >= 4 is 11.6 Å². The van der Waals surface area contributed by atoms with Gasteiger partial charge in [0.05, 0.1) is 5.69 Å². The summed E-state index contributed by atoms with van der Waals surface area (Å²) in [4.78, 5) is 11.4. The Bertz CT molecular complexity index is 382. The molecule has 1 rings (SSSR count). The average molecular weight is 241 g/mol. The summed E-state index contributed by atoms with van der Waals surface area (Å²) in [5, 5.41) is 11.4. The first-order chi connectivity index (χ1) is 8.13. The molecule has 0 saturated carbocycles. The Hall–Kier alpha value is -1.62. The van der Waals surface area contributed by atoms with Crippen molar-refractivity contribution in [2.24, 2.45) is 0 Å². The van der Waals surface area contributed by atoms with Crippen LogP contribution in [-0.4, -0.2) is 24.2 Å². The van der Waals surface area contributed by atoms with E-state index in [-0.39, 0.29) is 23.8 Å². The zero-order valence-corrected chi connectivity index (χ0v) is 9.70. The zero-order chi connectivity index (χ0) is 12.7. The van der Waals surface area contributed by atoms with Crippen LogP contribution in [0.5, 0.6) is 5.75 Å². The van der Waals surface area contributed by atoms with Gasteiger partial charge in [-0.05, 0) is 25.5 Å². The minimum absolute atomic E-state index is 0.0733. The highest BCUT2D eigenvalue weighted by Gasteiger charge is 2.07. The summed E-state index contributed by atoms with van der Waals surface area (Å²) in [7, 11) is 0. The van der Waals surface area contributed by atoms with E-state index in [2.05, 4.69) is 5.32 Å². The second kappa shape index (κ2) is 6.85. The summed E-state index contributed by atoms with van der Waals surface area (Å²) >= 11 is 0. The Morgan fingerprint density at radius 3 is 2.94 bits per heavy atom. The van der Waals surface area contributed by atoms with E-state index < -0.39 is 5.82 Å². The first kappa shape index (κ1) is 13.4. The van der Waals surface area contributed by atoms with Gasteiger partial charge in [-0.25, -0.2) is 4.39 Å². The summed E-state index contributed by atoms with van der Waals surface area (Å²) < 4.78 is 18.3. The first-order valence-corrected chi connectivity index (χ1v) is 5.49. The van der Waals surface area contributed by atoms with E-state index in [0.717, 1.165) is 6.07 Å². The number of halogens is 1. The number of anilines is 1. The van der Waals surface area contributed by atoms with Crippen LogP contribution in [0.1, 0.15) is 19.8 Å². The summed E-state index contributed by atoms with van der Waals surface area (Å²) in [6.07, 6.45) is 0.875. The topological polar surface area (TPSA) is 58.6 Å². The third-order valence-corrected chi connectivity index (χ3v) is 2.12. The average Bonchev–Trinajstić information content (AvgIpc) is 2.28. The van der Waals surface area contributed by atoms with Crippen molar-refractivity contribution in [3.05, 3.63) is 24.0 Å². The molecule has 0 saturated heterocycles. The molecule has 0 heterocycles. The first-order valence-electron chi connectivity index (χ1n) is 5.49. The van der Waals surface area contributed by atoms with Crippen LogP contribution in [0.25, 0.3) is 0 Å². The van der Waals surface area contributed by atoms with Gasteiger partial charge in [0.25, 0.3) is 0 Å². The number of aromatic hydroxyl groups is 1. The molecule has 0 bridgehead atoms. The summed E-state index contributed by atoms with van der Waals surface area (Å²) in [5.41, 5.74) is 0.0733. The van der Waals surface area contributed by atoms with E-state index >= 15 is 0 Å². The minimum Gasteiger partial charge on any atom is -0.508 e. The molecular formula is C12H16FNO3. The molecule has 0 spiro atoms. The standard InChI is InChI=1S/C12H16FNO3/c1-2-17-7-3-4-12(16)14-11-6-5-9(15)8-10(11)13/h5-6,8,15H,2-4,7H2,1H3,(H,14,16). The Morgan fingerprint density at radius 2 is 2.29 bits per heavy atom. The zero-order valence-electron chi connectivity index (χ0n) is 9.70. The lowest BCUT2D eigenvalue weighted by molar-refractivity contribution is -0.116. The highest BCUT2D eigenvalue weighted by molar-refractivity contribution is 5.90. The van der Waals surface area contributed by atoms with E-state index in [0.29, 0.717) is 19.6 Å². The van der Waals surface area contributed by atoms with Gasteiger partial charge in [-0.3, -0.25) is 4.79 Å². The molecule has 0 aliphatic rings. The fourth-order valence-corrected chi connectivity index (χ4v) is 1.30. The molecule has 0 aliphatic heterocycles. The largest absolute Gasteiger partial charge is 0.508 e. The number of hydrogen-bond acceptors (Lipinski definition) is 3. The molecule has 2 N–H and O–H groups in total. The molecule has 5 heteroatoms. The predicted molar refractivity (Wildman–Crippen MR) is 62.4 cm³/mol. The lowest BCUT2D eigenvalue weighted by atomic mass is 10.2. The number of hydrogen-bond donors (Lipinski definition) is 2. The second-order valence-corrected chi connectivity index (χ2v) is 3.51. The lowest BCUT2D eigenvalue weighted by Crippen LogP contribution is -2.13. The SMILES string of the molecule is CCOCCCC(=O)Nc1ccc(O)cc1F. The molecule has 1 aromatic carbocycles. The van der Waals surface area contributed by atoms with Gasteiger partial charge in [-0.15, -0.1) is 0 Å². The van der Waals surface area contributed by atoms with Crippen molar-refractivity contribution < 1.29 is 19.0 Å². The van der Waals surface area contributed by atoms with E-state index in [4.69, 9.17) is 9.84 Å². The molecule has 0 radical (unpaired) electrons. The molecule has 94 valence electrons. The van der Waals surface area contributed by atoms with E-state index in [1.807, 2.05) is 6.92 Å². The number of phenolic OH excluding ortho intramolecular Hbond substituents is 1. The van der Waals surface area contributed by atoms with Crippen LogP contribution in [0, 0.1) is 5.82 Å². The van der Waals surface area contributed by atoms with Crippen LogP contribution < -0.4 is 5.32 Å². The molecule has 0 atom stereocenters. The van der Waals surface area contributed by atoms with Crippen molar-refractivity contribution in [1.82, 2.24) is 0 Å². The quantitative estimate of drug-likeness (QED) is 0.593. The number of rotatable bonds is 6. The highest BCUT2D eigenvalue weighted by atomic mass is 19.1. The Morgan fingerprint density at radius 1 is 1.53 bits per heavy atom. The molecular weight excluding hydrogens is 225 g/mol. The molecule has 0 aromatic heterocycles. The lowest BCUT2D eigenvalue weighted by Gasteiger charge is -2.06. The van der Waals surface area contributed by atoms with Crippen molar-refractivity contribution in [2.75, 3.05) is 18.5 Å². The van der Waals surface area contributed by atoms with Crippen LogP contribution in [0.4, 0.5) is 10.1 Å². The Kier molecular flexibility index (Phi) is 5.42. The summed E-state index contributed by atoms with van der Waals surface area (Å²) in [6.45, 7) is 3.02. The molecule has 0 fully saturated rings. The van der Waals surface area contributed by atoms with Gasteiger partial charge in [0, 0.05) is 25.7 Å². The third kappa shape index (κ3) is 4.82. The maximum atomic E-state index is 13.3. The van der Waals surface area contributed by atoms with Gasteiger partial charge in [0.2, 0.25) is 5.91 Å². The predicted octanol–water partition coefficient (Wildman–Crippen LogP) is 2.29. The Labute approximate surface area is 99.4 Å². The number of ether oxygens (including phenoxy) is 1. The van der Waals surface area contributed by atoms with Crippen molar-refractivity contribution in [1.29, 1.82) is 0 Å². The highest BCUT2D eigenvalue weighted by Crippen LogP contribution is 2.19. The molecule has 1 amide bonds. The van der Waals surface area contributed by atoms with Crippen LogP contribution in [0.3, 0.4) is 0 Å². The molecule has 1 aromatic rings. The smallest absolute Gasteiger partial charge is 0.224 e. The minimum atomic E-state index is -0.650. The number of phenols is 1. The number of carbonyl (C=O) groups is 1. The van der Waals surface area contributed by atoms with Gasteiger partial charge >= 0.3 is 0 Å². The van der Waals surface area contributed by atoms with Gasteiger partial charge in [0.1, 0.15) is 11.6 Å². The molecule has 4 nitrogen and oxygen atoms in total. The van der Waals surface area contributed by atoms with Crippen LogP contribution in [0.2, 0.25) is 0 Å². The maximum absolute atomic E-state index is 13.3. The van der Waals surface area contributed by atoms with E-state index in [9.17, 15) is 9.18 Å². The van der Waals surface area contributed by atoms with Gasteiger partial charge in [-0.2, -0.15) is 0 Å². The number of carbonyl (C=O) groups excluding carboxylic acids is 1. The number of benzene rings is 1. The van der Waals surface area contributed by atoms with Gasteiger partial charge in [0.15, 0.2) is 0 Å². The van der Waals surface area contributed by atoms with E-state index in [1.165, 1.54) is 12.1 Å². The number of amides is 1. The van der Waals surface area contributed by atoms with Crippen molar-refractivity contribution in [3.8, 4) is 5.75 Å². The van der Waals surface area contributed by atoms with Crippen molar-refractivity contribution in [2.45, 2.75) is 19.8 Å². The van der Waals surface area contributed by atoms with Gasteiger partial charge < -0.3 is 15.2 Å². The van der Waals surface area contributed by atoms with Crippen LogP contribution >= 0.6 is 0 Å². The Balaban J connectivity index is 2.40. The maximum Gasteiger partial charge on any atom is 0.224 e. The molecule has 17 heavy (non-hydrogen) atoms. The fourth-order valence-electron chi connectivity index (χ4n) is 1.30. The third-order valence-electron chi connectivity index (χ3n) is 2.12. The monoisotopic (exact) mass is 241 g/mol. The fraction of sp³-hybridized carbons (Fsp3) is 0.417. The van der Waals surface area contributed by atoms with Crippen LogP contribution in [0.15, 0.2) is 18.2 Å². The summed E-state index contributed by atoms with van der Waals surface area (Å²) in [6, 6.07) is 3.60. The van der Waals surface area contributed by atoms with Crippen molar-refractivity contribution in [3.63, 3.8) is 0 Å². The van der Waals surface area contributed by atoms with Crippen LogP contribution in [-0.2, 0) is 9.53 Å². The molecule has 0 unspecified atom stereocenters. The number of nitrogens with one attached hydrogen (secondary N) is 1. The van der Waals surface area contributed by atoms with E-state index in [1.54, 1.807) is 0 Å². The molecule has 0 aliphatic carbocycles. The normalized spacial score (nSPS) is 10.2. The second-order valence-electron chi connectivity index (χ2n) is 3.51. The van der Waals surface area contributed by atoms with Gasteiger partial charge in [-0.1, -0.05) is 0 Å².